The molecule has 178 valence electrons. The van der Waals surface area contributed by atoms with E-state index in [0.29, 0.717) is 0 Å². The maximum absolute atomic E-state index is 12.7. The van der Waals surface area contributed by atoms with Crippen molar-refractivity contribution in [2.75, 3.05) is 29.1 Å². The second kappa shape index (κ2) is 9.10. The van der Waals surface area contributed by atoms with Crippen molar-refractivity contribution >= 4 is 38.8 Å². The van der Waals surface area contributed by atoms with Crippen molar-refractivity contribution in [1.29, 1.82) is 0 Å². The number of nitrogens with one attached hydrogen (secondary N) is 2. The minimum absolute atomic E-state index is 0.0857. The van der Waals surface area contributed by atoms with E-state index in [-0.39, 0.29) is 18.0 Å². The number of aromatic nitrogens is 3. The molecule has 0 bridgehead atoms. The fourth-order valence-electron chi connectivity index (χ4n) is 3.63. The predicted molar refractivity (Wildman–Crippen MR) is 142 cm³/mol. The van der Waals surface area contributed by atoms with E-state index in [2.05, 4.69) is 62.6 Å². The van der Waals surface area contributed by atoms with Crippen LogP contribution in [-0.4, -0.2) is 39.6 Å². The lowest BCUT2D eigenvalue weighted by molar-refractivity contribution is -0.114. The van der Waals surface area contributed by atoms with Gasteiger partial charge in [-0.05, 0) is 58.7 Å². The summed E-state index contributed by atoms with van der Waals surface area (Å²) >= 11 is 1.46. The number of nitrogens with zero attached hydrogens (tertiary/aromatic N) is 4. The number of rotatable bonds is 6. The van der Waals surface area contributed by atoms with Crippen LogP contribution in [0.3, 0.4) is 0 Å². The number of hydrogen-bond acceptors (Lipinski definition) is 6. The van der Waals surface area contributed by atoms with Crippen molar-refractivity contribution in [1.82, 2.24) is 14.6 Å². The molecule has 0 saturated heterocycles. The van der Waals surface area contributed by atoms with Gasteiger partial charge in [-0.2, -0.15) is 4.52 Å². The topological polar surface area (TPSA) is 74.6 Å². The SMILES string of the molecule is Cc1ccc(-c2nc3sc(N(C)CC(=O)Nc4cccc(C)c4C)nn3c2NC(C)(C)C)cc1. The molecule has 0 fully saturated rings. The van der Waals surface area contributed by atoms with Crippen molar-refractivity contribution in [3.63, 3.8) is 0 Å². The third-order valence-electron chi connectivity index (χ3n) is 5.60. The minimum atomic E-state index is -0.170. The summed E-state index contributed by atoms with van der Waals surface area (Å²) in [6, 6.07) is 14.3. The molecular weight excluding hydrogens is 444 g/mol. The van der Waals surface area contributed by atoms with Gasteiger partial charge in [0.25, 0.3) is 0 Å². The zero-order valence-corrected chi connectivity index (χ0v) is 21.7. The van der Waals surface area contributed by atoms with E-state index in [4.69, 9.17) is 10.1 Å². The van der Waals surface area contributed by atoms with Crippen LogP contribution in [0.15, 0.2) is 42.5 Å². The Hall–Kier alpha value is -3.39. The lowest BCUT2D eigenvalue weighted by Gasteiger charge is -2.22. The van der Waals surface area contributed by atoms with Crippen molar-refractivity contribution in [2.24, 2.45) is 0 Å². The second-order valence-electron chi connectivity index (χ2n) is 9.78. The lowest BCUT2D eigenvalue weighted by atomic mass is 10.1. The van der Waals surface area contributed by atoms with E-state index < -0.39 is 0 Å². The van der Waals surface area contributed by atoms with Crippen LogP contribution in [0.2, 0.25) is 0 Å². The number of imidazole rings is 1. The summed E-state index contributed by atoms with van der Waals surface area (Å²) in [5.74, 6) is 0.763. The molecule has 7 nitrogen and oxygen atoms in total. The van der Waals surface area contributed by atoms with Gasteiger partial charge in [-0.3, -0.25) is 4.79 Å². The quantitative estimate of drug-likeness (QED) is 0.375. The van der Waals surface area contributed by atoms with E-state index in [9.17, 15) is 4.79 Å². The molecule has 0 atom stereocenters. The molecule has 4 aromatic rings. The third kappa shape index (κ3) is 5.07. The number of carbonyl (C=O) groups excluding carboxylic acids is 1. The van der Waals surface area contributed by atoms with Crippen LogP contribution in [0.25, 0.3) is 16.2 Å². The first-order valence-corrected chi connectivity index (χ1v) is 12.2. The minimum Gasteiger partial charge on any atom is -0.364 e. The van der Waals surface area contributed by atoms with Crippen LogP contribution >= 0.6 is 11.3 Å². The van der Waals surface area contributed by atoms with Gasteiger partial charge in [0, 0.05) is 23.8 Å². The number of aryl methyl sites for hydroxylation is 2. The van der Waals surface area contributed by atoms with Crippen LogP contribution in [0.1, 0.15) is 37.5 Å². The Morgan fingerprint density at radius 3 is 2.47 bits per heavy atom. The lowest BCUT2D eigenvalue weighted by Crippen LogP contribution is -2.30. The molecule has 2 aromatic heterocycles. The molecule has 2 N–H and O–H groups in total. The molecule has 0 aliphatic rings. The summed E-state index contributed by atoms with van der Waals surface area (Å²) < 4.78 is 1.85. The number of anilines is 3. The molecular formula is C26H32N6OS. The molecule has 0 saturated carbocycles. The predicted octanol–water partition coefficient (Wildman–Crippen LogP) is 5.67. The van der Waals surface area contributed by atoms with Gasteiger partial charge in [-0.1, -0.05) is 53.3 Å². The molecule has 0 radical (unpaired) electrons. The van der Waals surface area contributed by atoms with Gasteiger partial charge in [-0.25, -0.2) is 4.98 Å². The molecule has 8 heteroatoms. The van der Waals surface area contributed by atoms with Crippen LogP contribution < -0.4 is 15.5 Å². The van der Waals surface area contributed by atoms with Gasteiger partial charge in [0.15, 0.2) is 5.82 Å². The summed E-state index contributed by atoms with van der Waals surface area (Å²) in [5, 5.41) is 12.1. The summed E-state index contributed by atoms with van der Waals surface area (Å²) in [4.78, 5) is 20.3. The van der Waals surface area contributed by atoms with Crippen molar-refractivity contribution in [3.05, 3.63) is 59.2 Å². The maximum Gasteiger partial charge on any atom is 0.243 e. The Kier molecular flexibility index (Phi) is 6.36. The van der Waals surface area contributed by atoms with Crippen LogP contribution in [-0.2, 0) is 4.79 Å². The van der Waals surface area contributed by atoms with Crippen molar-refractivity contribution in [3.8, 4) is 11.3 Å². The second-order valence-corrected chi connectivity index (χ2v) is 10.7. The van der Waals surface area contributed by atoms with E-state index in [1.807, 2.05) is 48.5 Å². The Labute approximate surface area is 204 Å². The first-order valence-electron chi connectivity index (χ1n) is 11.3. The van der Waals surface area contributed by atoms with Gasteiger partial charge < -0.3 is 15.5 Å². The number of benzene rings is 2. The summed E-state index contributed by atoms with van der Waals surface area (Å²) in [6.45, 7) is 12.7. The highest BCUT2D eigenvalue weighted by Gasteiger charge is 2.23. The van der Waals surface area contributed by atoms with Crippen molar-refractivity contribution in [2.45, 2.75) is 47.1 Å². The number of carbonyl (C=O) groups is 1. The highest BCUT2D eigenvalue weighted by Crippen LogP contribution is 2.34. The monoisotopic (exact) mass is 476 g/mol. The van der Waals surface area contributed by atoms with Crippen LogP contribution in [0, 0.1) is 20.8 Å². The fraction of sp³-hybridized carbons (Fsp3) is 0.346. The highest BCUT2D eigenvalue weighted by molar-refractivity contribution is 7.20. The normalized spacial score (nSPS) is 11.6. The van der Waals surface area contributed by atoms with Gasteiger partial charge in [0.05, 0.1) is 6.54 Å². The number of hydrogen-bond donors (Lipinski definition) is 2. The van der Waals surface area contributed by atoms with Crippen molar-refractivity contribution < 1.29 is 4.79 Å². The standard InChI is InChI=1S/C26H32N6OS/c1-16-11-13-19(14-12-16)22-23(29-26(4,5)6)32-24(28-22)34-25(30-32)31(7)15-21(33)27-20-10-8-9-17(2)18(20)3/h8-14,29H,15H2,1-7H3,(H,27,33). The molecule has 0 spiro atoms. The Morgan fingerprint density at radius 2 is 1.79 bits per heavy atom. The van der Waals surface area contributed by atoms with E-state index in [1.54, 1.807) is 0 Å². The number of fused-ring (bicyclic) bond motifs is 1. The summed E-state index contributed by atoms with van der Waals surface area (Å²) in [7, 11) is 1.87. The third-order valence-corrected chi connectivity index (χ3v) is 6.62. The summed E-state index contributed by atoms with van der Waals surface area (Å²) in [6.07, 6.45) is 0. The summed E-state index contributed by atoms with van der Waals surface area (Å²) in [5.41, 5.74) is 6.01. The Bertz CT molecular complexity index is 1330. The number of amides is 1. The largest absolute Gasteiger partial charge is 0.364 e. The number of likely N-dealkylation sites (N-methyl/N-ethyl adjacent to an activating group) is 1. The molecule has 4 rings (SSSR count). The van der Waals surface area contributed by atoms with Gasteiger partial charge in [-0.15, -0.1) is 5.10 Å². The first kappa shape index (κ1) is 23.8. The maximum atomic E-state index is 12.7. The molecule has 0 aliphatic heterocycles. The molecule has 0 unspecified atom stereocenters. The smallest absolute Gasteiger partial charge is 0.243 e. The average Bonchev–Trinajstić information content (AvgIpc) is 3.30. The van der Waals surface area contributed by atoms with Gasteiger partial charge >= 0.3 is 0 Å². The van der Waals surface area contributed by atoms with E-state index in [1.165, 1.54) is 16.9 Å². The van der Waals surface area contributed by atoms with E-state index in [0.717, 1.165) is 44.0 Å². The van der Waals surface area contributed by atoms with Crippen LogP contribution in [0.4, 0.5) is 16.6 Å². The zero-order chi connectivity index (χ0) is 24.6. The van der Waals surface area contributed by atoms with Crippen LogP contribution in [0.5, 0.6) is 0 Å². The zero-order valence-electron chi connectivity index (χ0n) is 20.9. The fourth-order valence-corrected chi connectivity index (χ4v) is 4.49. The molecule has 34 heavy (non-hydrogen) atoms. The molecule has 2 heterocycles. The Balaban J connectivity index is 1.60. The van der Waals surface area contributed by atoms with Gasteiger partial charge in [0.2, 0.25) is 16.0 Å². The molecule has 2 aromatic carbocycles. The van der Waals surface area contributed by atoms with Gasteiger partial charge in [0.1, 0.15) is 5.69 Å². The highest BCUT2D eigenvalue weighted by atomic mass is 32.1. The van der Waals surface area contributed by atoms with E-state index >= 15 is 0 Å². The first-order chi connectivity index (χ1) is 16.0. The molecule has 1 amide bonds. The molecule has 0 aliphatic carbocycles. The average molecular weight is 477 g/mol. The Morgan fingerprint density at radius 1 is 1.09 bits per heavy atom.